The molecule has 1 fully saturated rings. The van der Waals surface area contributed by atoms with E-state index < -0.39 is 0 Å². The molecule has 138 valence electrons. The van der Waals surface area contributed by atoms with Crippen molar-refractivity contribution in [2.45, 2.75) is 46.6 Å². The van der Waals surface area contributed by atoms with Crippen molar-refractivity contribution in [3.05, 3.63) is 53.0 Å². The topological polar surface area (TPSA) is 58.1 Å². The van der Waals surface area contributed by atoms with Crippen LogP contribution in [0, 0.1) is 19.8 Å². The molecule has 1 aromatic heterocycles. The maximum absolute atomic E-state index is 12.5. The van der Waals surface area contributed by atoms with Crippen LogP contribution >= 0.6 is 0 Å². The second-order valence-electron chi connectivity index (χ2n) is 7.08. The minimum Gasteiger partial charge on any atom is -0.356 e. The van der Waals surface area contributed by atoms with Crippen LogP contribution in [0.5, 0.6) is 0 Å². The molecule has 1 aliphatic heterocycles. The summed E-state index contributed by atoms with van der Waals surface area (Å²) in [7, 11) is 0. The Morgan fingerprint density at radius 3 is 2.50 bits per heavy atom. The van der Waals surface area contributed by atoms with Crippen molar-refractivity contribution >= 4 is 11.7 Å². The maximum Gasteiger partial charge on any atom is 0.223 e. The van der Waals surface area contributed by atoms with Crippen LogP contribution in [0.2, 0.25) is 0 Å². The van der Waals surface area contributed by atoms with Crippen molar-refractivity contribution in [1.29, 1.82) is 0 Å². The van der Waals surface area contributed by atoms with E-state index in [4.69, 9.17) is 0 Å². The van der Waals surface area contributed by atoms with Crippen molar-refractivity contribution < 1.29 is 4.79 Å². The van der Waals surface area contributed by atoms with Crippen LogP contribution in [0.25, 0.3) is 0 Å². The molecule has 2 heterocycles. The Balaban J connectivity index is 1.52. The molecular weight excluding hydrogens is 324 g/mol. The zero-order valence-corrected chi connectivity index (χ0v) is 16.0. The van der Waals surface area contributed by atoms with Gasteiger partial charge in [0.1, 0.15) is 11.6 Å². The number of piperidine rings is 1. The molecule has 1 saturated heterocycles. The van der Waals surface area contributed by atoms with E-state index in [1.54, 1.807) is 0 Å². The highest BCUT2D eigenvalue weighted by Crippen LogP contribution is 2.23. The van der Waals surface area contributed by atoms with Gasteiger partial charge in [0.2, 0.25) is 5.91 Å². The summed E-state index contributed by atoms with van der Waals surface area (Å²) in [4.78, 5) is 23.8. The molecule has 3 rings (SSSR count). The first-order valence-electron chi connectivity index (χ1n) is 9.48. The van der Waals surface area contributed by atoms with Gasteiger partial charge in [0.05, 0.1) is 0 Å². The van der Waals surface area contributed by atoms with Crippen LogP contribution in [0.1, 0.15) is 42.4 Å². The molecule has 0 radical (unpaired) electrons. The number of nitrogens with zero attached hydrogens (tertiary/aromatic N) is 3. The fourth-order valence-corrected chi connectivity index (χ4v) is 3.37. The lowest BCUT2D eigenvalue weighted by Crippen LogP contribution is -2.40. The Hall–Kier alpha value is -2.43. The Morgan fingerprint density at radius 1 is 1.15 bits per heavy atom. The van der Waals surface area contributed by atoms with Gasteiger partial charge in [-0.25, -0.2) is 9.97 Å². The smallest absolute Gasteiger partial charge is 0.223 e. The first-order chi connectivity index (χ1) is 12.5. The molecule has 5 nitrogen and oxygen atoms in total. The van der Waals surface area contributed by atoms with Gasteiger partial charge in [0.15, 0.2) is 0 Å². The third-order valence-electron chi connectivity index (χ3n) is 5.02. The average Bonchev–Trinajstić information content (AvgIpc) is 2.67. The summed E-state index contributed by atoms with van der Waals surface area (Å²) in [5.74, 6) is 2.06. The van der Waals surface area contributed by atoms with Crippen molar-refractivity contribution in [3.63, 3.8) is 0 Å². The van der Waals surface area contributed by atoms with E-state index in [1.165, 1.54) is 5.56 Å². The Kier molecular flexibility index (Phi) is 5.86. The number of aromatic nitrogens is 2. The number of amides is 1. The van der Waals surface area contributed by atoms with Crippen LogP contribution in [0.3, 0.4) is 0 Å². The molecule has 0 unspecified atom stereocenters. The molecule has 2 aromatic rings. The largest absolute Gasteiger partial charge is 0.356 e. The fraction of sp³-hybridized carbons (Fsp3) is 0.476. The molecule has 1 amide bonds. The summed E-state index contributed by atoms with van der Waals surface area (Å²) >= 11 is 0. The van der Waals surface area contributed by atoms with Crippen LogP contribution in [-0.4, -0.2) is 29.0 Å². The van der Waals surface area contributed by atoms with E-state index in [2.05, 4.69) is 64.4 Å². The van der Waals surface area contributed by atoms with Gasteiger partial charge < -0.3 is 10.2 Å². The summed E-state index contributed by atoms with van der Waals surface area (Å²) in [6.45, 7) is 8.44. The van der Waals surface area contributed by atoms with Crippen LogP contribution in [-0.2, 0) is 17.8 Å². The quantitative estimate of drug-likeness (QED) is 0.898. The highest BCUT2D eigenvalue weighted by Gasteiger charge is 2.25. The van der Waals surface area contributed by atoms with Crippen LogP contribution in [0.4, 0.5) is 5.82 Å². The number of carbonyl (C=O) groups is 1. The molecule has 0 spiro atoms. The zero-order valence-electron chi connectivity index (χ0n) is 16.0. The molecule has 0 atom stereocenters. The van der Waals surface area contributed by atoms with Crippen molar-refractivity contribution in [2.75, 3.05) is 18.0 Å². The Morgan fingerprint density at radius 2 is 1.85 bits per heavy atom. The lowest BCUT2D eigenvalue weighted by Gasteiger charge is -2.32. The van der Waals surface area contributed by atoms with Gasteiger partial charge in [-0.05, 0) is 38.7 Å². The second kappa shape index (κ2) is 8.30. The lowest BCUT2D eigenvalue weighted by atomic mass is 9.95. The summed E-state index contributed by atoms with van der Waals surface area (Å²) in [6, 6.07) is 10.4. The standard InChI is InChI=1S/C21H28N4O/c1-4-19-13-20(24-16(3)23-19)25-11-9-18(10-12-25)21(26)22-14-17-7-5-15(2)6-8-17/h5-8,13,18H,4,9-12,14H2,1-3H3,(H,22,26). The number of benzene rings is 1. The predicted molar refractivity (Wildman–Crippen MR) is 104 cm³/mol. The minimum atomic E-state index is 0.0882. The summed E-state index contributed by atoms with van der Waals surface area (Å²) in [5, 5.41) is 3.09. The maximum atomic E-state index is 12.5. The molecule has 5 heteroatoms. The average molecular weight is 352 g/mol. The Labute approximate surface area is 155 Å². The van der Waals surface area contributed by atoms with Gasteiger partial charge in [-0.1, -0.05) is 36.8 Å². The van der Waals surface area contributed by atoms with Gasteiger partial charge in [0.25, 0.3) is 0 Å². The zero-order chi connectivity index (χ0) is 18.5. The molecule has 1 N–H and O–H groups in total. The van der Waals surface area contributed by atoms with E-state index in [9.17, 15) is 4.79 Å². The number of anilines is 1. The third kappa shape index (κ3) is 4.59. The second-order valence-corrected chi connectivity index (χ2v) is 7.08. The first-order valence-corrected chi connectivity index (χ1v) is 9.48. The van der Waals surface area contributed by atoms with E-state index in [0.29, 0.717) is 6.54 Å². The number of rotatable bonds is 5. The van der Waals surface area contributed by atoms with Gasteiger partial charge in [-0.3, -0.25) is 4.79 Å². The van der Waals surface area contributed by atoms with Gasteiger partial charge in [-0.2, -0.15) is 0 Å². The first kappa shape index (κ1) is 18.4. The lowest BCUT2D eigenvalue weighted by molar-refractivity contribution is -0.125. The highest BCUT2D eigenvalue weighted by molar-refractivity contribution is 5.79. The van der Waals surface area contributed by atoms with Gasteiger partial charge >= 0.3 is 0 Å². The van der Waals surface area contributed by atoms with Gasteiger partial charge in [-0.15, -0.1) is 0 Å². The number of carbonyl (C=O) groups excluding carboxylic acids is 1. The monoisotopic (exact) mass is 352 g/mol. The van der Waals surface area contributed by atoms with Crippen LogP contribution < -0.4 is 10.2 Å². The minimum absolute atomic E-state index is 0.0882. The number of hydrogen-bond acceptors (Lipinski definition) is 4. The SMILES string of the molecule is CCc1cc(N2CCC(C(=O)NCc3ccc(C)cc3)CC2)nc(C)n1. The molecule has 0 aliphatic carbocycles. The summed E-state index contributed by atoms with van der Waals surface area (Å²) in [5.41, 5.74) is 3.45. The summed E-state index contributed by atoms with van der Waals surface area (Å²) < 4.78 is 0. The molecule has 26 heavy (non-hydrogen) atoms. The Bertz CT molecular complexity index is 749. The van der Waals surface area contributed by atoms with E-state index in [1.807, 2.05) is 6.92 Å². The number of aryl methyl sites for hydroxylation is 3. The van der Waals surface area contributed by atoms with Crippen molar-refractivity contribution in [3.8, 4) is 0 Å². The van der Waals surface area contributed by atoms with Gasteiger partial charge in [0, 0.05) is 37.3 Å². The fourth-order valence-electron chi connectivity index (χ4n) is 3.37. The molecule has 1 aliphatic rings. The molecule has 0 bridgehead atoms. The van der Waals surface area contributed by atoms with E-state index in [0.717, 1.165) is 55.3 Å². The third-order valence-corrected chi connectivity index (χ3v) is 5.02. The van der Waals surface area contributed by atoms with Crippen molar-refractivity contribution in [1.82, 2.24) is 15.3 Å². The predicted octanol–water partition coefficient (Wildman–Crippen LogP) is 3.19. The number of nitrogens with one attached hydrogen (secondary N) is 1. The highest BCUT2D eigenvalue weighted by atomic mass is 16.1. The molecule has 1 aromatic carbocycles. The van der Waals surface area contributed by atoms with E-state index in [-0.39, 0.29) is 11.8 Å². The summed E-state index contributed by atoms with van der Waals surface area (Å²) in [6.07, 6.45) is 2.64. The van der Waals surface area contributed by atoms with Crippen molar-refractivity contribution in [2.24, 2.45) is 5.92 Å². The van der Waals surface area contributed by atoms with E-state index >= 15 is 0 Å². The number of hydrogen-bond donors (Lipinski definition) is 1. The molecular formula is C21H28N4O. The normalized spacial score (nSPS) is 15.1. The van der Waals surface area contributed by atoms with Crippen LogP contribution in [0.15, 0.2) is 30.3 Å². The molecule has 0 saturated carbocycles.